The van der Waals surface area contributed by atoms with Gasteiger partial charge in [0.15, 0.2) is 0 Å². The molecule has 1 fully saturated rings. The maximum absolute atomic E-state index is 12.2. The van der Waals surface area contributed by atoms with Crippen LogP contribution in [0.15, 0.2) is 17.5 Å². The van der Waals surface area contributed by atoms with Crippen molar-refractivity contribution in [2.24, 2.45) is 0 Å². The SMILES string of the molecule is C[C@@H](NC(=O)C(=O)NCCN(C)C)[C@@H](c1cccs1)N1CCOCC1. The smallest absolute Gasteiger partial charge is 0.309 e. The molecule has 2 N–H and O–H groups in total. The molecule has 7 nitrogen and oxygen atoms in total. The van der Waals surface area contributed by atoms with E-state index in [1.54, 1.807) is 11.3 Å². The maximum atomic E-state index is 12.2. The lowest BCUT2D eigenvalue weighted by molar-refractivity contribution is -0.140. The quantitative estimate of drug-likeness (QED) is 0.678. The second kappa shape index (κ2) is 9.86. The van der Waals surface area contributed by atoms with E-state index in [4.69, 9.17) is 4.74 Å². The number of ether oxygens (including phenoxy) is 1. The van der Waals surface area contributed by atoms with Crippen molar-refractivity contribution in [2.45, 2.75) is 19.0 Å². The molecular formula is C17H28N4O3S. The molecule has 2 heterocycles. The Bertz CT molecular complexity index is 544. The van der Waals surface area contributed by atoms with Gasteiger partial charge in [0.05, 0.1) is 19.3 Å². The van der Waals surface area contributed by atoms with Gasteiger partial charge in [0.25, 0.3) is 0 Å². The molecule has 0 aliphatic carbocycles. The van der Waals surface area contributed by atoms with Crippen molar-refractivity contribution in [3.05, 3.63) is 22.4 Å². The predicted octanol–water partition coefficient (Wildman–Crippen LogP) is 0.304. The topological polar surface area (TPSA) is 73.9 Å². The van der Waals surface area contributed by atoms with Crippen LogP contribution >= 0.6 is 11.3 Å². The van der Waals surface area contributed by atoms with Crippen LogP contribution in [0.5, 0.6) is 0 Å². The van der Waals surface area contributed by atoms with Gasteiger partial charge in [-0.15, -0.1) is 11.3 Å². The van der Waals surface area contributed by atoms with Gasteiger partial charge in [-0.3, -0.25) is 14.5 Å². The molecule has 0 aromatic carbocycles. The molecule has 1 saturated heterocycles. The lowest BCUT2D eigenvalue weighted by atomic mass is 10.1. The number of amides is 2. The van der Waals surface area contributed by atoms with Gasteiger partial charge < -0.3 is 20.3 Å². The number of hydrogen-bond donors (Lipinski definition) is 2. The zero-order valence-corrected chi connectivity index (χ0v) is 16.0. The molecule has 1 aromatic heterocycles. The molecule has 2 rings (SSSR count). The highest BCUT2D eigenvalue weighted by molar-refractivity contribution is 7.10. The third kappa shape index (κ3) is 6.07. The maximum Gasteiger partial charge on any atom is 0.309 e. The normalized spacial score (nSPS) is 17.9. The minimum Gasteiger partial charge on any atom is -0.379 e. The summed E-state index contributed by atoms with van der Waals surface area (Å²) in [6, 6.07) is 3.95. The molecule has 1 aliphatic rings. The van der Waals surface area contributed by atoms with Crippen molar-refractivity contribution in [1.82, 2.24) is 20.4 Å². The second-order valence-electron chi connectivity index (χ2n) is 6.43. The Labute approximate surface area is 153 Å². The lowest BCUT2D eigenvalue weighted by Crippen LogP contribution is -2.51. The monoisotopic (exact) mass is 368 g/mol. The first-order chi connectivity index (χ1) is 12.0. The third-order valence-electron chi connectivity index (χ3n) is 4.16. The van der Waals surface area contributed by atoms with Crippen LogP contribution in [0.4, 0.5) is 0 Å². The van der Waals surface area contributed by atoms with E-state index in [0.717, 1.165) is 13.1 Å². The van der Waals surface area contributed by atoms with E-state index < -0.39 is 11.8 Å². The summed E-state index contributed by atoms with van der Waals surface area (Å²) >= 11 is 1.67. The average Bonchev–Trinajstić information content (AvgIpc) is 3.09. The molecule has 0 saturated carbocycles. The van der Waals surface area contributed by atoms with E-state index in [1.165, 1.54) is 4.88 Å². The molecule has 8 heteroatoms. The fourth-order valence-electron chi connectivity index (χ4n) is 2.88. The van der Waals surface area contributed by atoms with Crippen molar-refractivity contribution >= 4 is 23.2 Å². The number of carbonyl (C=O) groups is 2. The molecule has 2 amide bonds. The summed E-state index contributed by atoms with van der Waals surface area (Å²) < 4.78 is 5.44. The number of rotatable bonds is 7. The summed E-state index contributed by atoms with van der Waals surface area (Å²) in [4.78, 5) is 29.6. The minimum absolute atomic E-state index is 0.0439. The molecule has 0 spiro atoms. The van der Waals surface area contributed by atoms with E-state index >= 15 is 0 Å². The standard InChI is InChI=1S/C17H28N4O3S/c1-13(19-17(23)16(22)18-6-7-20(2)3)15(14-5-4-12-25-14)21-8-10-24-11-9-21/h4-5,12-13,15H,6-11H2,1-3H3,(H,18,22)(H,19,23)/t13-,15+/m1/s1. The molecule has 140 valence electrons. The third-order valence-corrected chi connectivity index (χ3v) is 5.10. The van der Waals surface area contributed by atoms with Crippen LogP contribution in [0.2, 0.25) is 0 Å². The first-order valence-corrected chi connectivity index (χ1v) is 9.45. The summed E-state index contributed by atoms with van der Waals surface area (Å²) in [5.74, 6) is -1.17. The Hall–Kier alpha value is -1.48. The van der Waals surface area contributed by atoms with Gasteiger partial charge >= 0.3 is 11.8 Å². The number of hydrogen-bond acceptors (Lipinski definition) is 6. The molecule has 2 atom stereocenters. The lowest BCUT2D eigenvalue weighted by Gasteiger charge is -2.37. The number of thiophene rings is 1. The summed E-state index contributed by atoms with van der Waals surface area (Å²) in [7, 11) is 3.84. The number of morpholine rings is 1. The largest absolute Gasteiger partial charge is 0.379 e. The van der Waals surface area contributed by atoms with Crippen molar-refractivity contribution in [3.63, 3.8) is 0 Å². The zero-order valence-electron chi connectivity index (χ0n) is 15.2. The fraction of sp³-hybridized carbons (Fsp3) is 0.647. The van der Waals surface area contributed by atoms with Gasteiger partial charge in [0.1, 0.15) is 0 Å². The summed E-state index contributed by atoms with van der Waals surface area (Å²) in [6.07, 6.45) is 0. The Kier molecular flexibility index (Phi) is 7.83. The number of nitrogens with one attached hydrogen (secondary N) is 2. The van der Waals surface area contributed by atoms with Gasteiger partial charge in [0, 0.05) is 37.1 Å². The van der Waals surface area contributed by atoms with E-state index in [-0.39, 0.29) is 12.1 Å². The zero-order chi connectivity index (χ0) is 18.2. The molecule has 1 aromatic rings. The molecule has 0 radical (unpaired) electrons. The van der Waals surface area contributed by atoms with Crippen LogP contribution < -0.4 is 10.6 Å². The van der Waals surface area contributed by atoms with E-state index in [0.29, 0.717) is 26.3 Å². The first kappa shape index (κ1) is 19.8. The average molecular weight is 369 g/mol. The second-order valence-corrected chi connectivity index (χ2v) is 7.41. The summed E-state index contributed by atoms with van der Waals surface area (Å²) in [6.45, 7) is 6.10. The Morgan fingerprint density at radius 3 is 2.64 bits per heavy atom. The molecule has 0 unspecified atom stereocenters. The molecular weight excluding hydrogens is 340 g/mol. The van der Waals surface area contributed by atoms with Gasteiger partial charge in [-0.05, 0) is 32.5 Å². The van der Waals surface area contributed by atoms with Gasteiger partial charge in [0.2, 0.25) is 0 Å². The van der Waals surface area contributed by atoms with Crippen molar-refractivity contribution < 1.29 is 14.3 Å². The van der Waals surface area contributed by atoms with Crippen LogP contribution in [-0.4, -0.2) is 81.1 Å². The highest BCUT2D eigenvalue weighted by Gasteiger charge is 2.30. The Balaban J connectivity index is 1.95. The molecule has 25 heavy (non-hydrogen) atoms. The Morgan fingerprint density at radius 2 is 2.04 bits per heavy atom. The van der Waals surface area contributed by atoms with Crippen molar-refractivity contribution in [3.8, 4) is 0 Å². The number of nitrogens with zero attached hydrogens (tertiary/aromatic N) is 2. The van der Waals surface area contributed by atoms with Gasteiger partial charge in [-0.25, -0.2) is 0 Å². The summed E-state index contributed by atoms with van der Waals surface area (Å²) in [5, 5.41) is 7.54. The van der Waals surface area contributed by atoms with Gasteiger partial charge in [-0.2, -0.15) is 0 Å². The summed E-state index contributed by atoms with van der Waals surface area (Å²) in [5.41, 5.74) is 0. The molecule has 0 bridgehead atoms. The first-order valence-electron chi connectivity index (χ1n) is 8.57. The molecule has 1 aliphatic heterocycles. The van der Waals surface area contributed by atoms with Crippen molar-refractivity contribution in [1.29, 1.82) is 0 Å². The van der Waals surface area contributed by atoms with E-state index in [1.807, 2.05) is 37.4 Å². The predicted molar refractivity (Wildman–Crippen MR) is 98.6 cm³/mol. The fourth-order valence-corrected chi connectivity index (χ4v) is 3.85. The van der Waals surface area contributed by atoms with E-state index in [2.05, 4.69) is 21.6 Å². The highest BCUT2D eigenvalue weighted by atomic mass is 32.1. The number of likely N-dealkylation sites (N-methyl/N-ethyl adjacent to an activating group) is 1. The Morgan fingerprint density at radius 1 is 1.32 bits per heavy atom. The van der Waals surface area contributed by atoms with Crippen molar-refractivity contribution in [2.75, 3.05) is 53.5 Å². The van der Waals surface area contributed by atoms with Crippen LogP contribution in [0.3, 0.4) is 0 Å². The van der Waals surface area contributed by atoms with Crippen LogP contribution in [0.25, 0.3) is 0 Å². The van der Waals surface area contributed by atoms with Gasteiger partial charge in [-0.1, -0.05) is 6.07 Å². The van der Waals surface area contributed by atoms with Crippen LogP contribution in [0, 0.1) is 0 Å². The van der Waals surface area contributed by atoms with Crippen LogP contribution in [-0.2, 0) is 14.3 Å². The minimum atomic E-state index is -0.583. The highest BCUT2D eigenvalue weighted by Crippen LogP contribution is 2.29. The van der Waals surface area contributed by atoms with Crippen LogP contribution in [0.1, 0.15) is 17.8 Å². The number of carbonyl (C=O) groups excluding carboxylic acids is 2. The van der Waals surface area contributed by atoms with E-state index in [9.17, 15) is 9.59 Å².